The number of hydrogen-bond acceptors (Lipinski definition) is 3. The van der Waals surface area contributed by atoms with Gasteiger partial charge in [-0.2, -0.15) is 5.26 Å². The molecule has 0 aliphatic rings. The highest BCUT2D eigenvalue weighted by Crippen LogP contribution is 2.24. The molecule has 0 bridgehead atoms. The third-order valence-corrected chi connectivity index (χ3v) is 3.99. The van der Waals surface area contributed by atoms with E-state index >= 15 is 0 Å². The van der Waals surface area contributed by atoms with Gasteiger partial charge in [0.2, 0.25) is 0 Å². The minimum absolute atomic E-state index is 0.255. The van der Waals surface area contributed by atoms with Gasteiger partial charge in [0.1, 0.15) is 23.3 Å². The Morgan fingerprint density at radius 1 is 1.07 bits per heavy atom. The van der Waals surface area contributed by atoms with Crippen LogP contribution in [0.1, 0.15) is 29.9 Å². The van der Waals surface area contributed by atoms with Gasteiger partial charge in [-0.3, -0.25) is 4.79 Å². The van der Waals surface area contributed by atoms with Crippen LogP contribution in [0, 0.1) is 17.2 Å². The number of carbonyl (C=O) groups excluding carboxylic acids is 1. The van der Waals surface area contributed by atoms with E-state index in [-0.39, 0.29) is 5.91 Å². The van der Waals surface area contributed by atoms with E-state index < -0.39 is 0 Å². The molecule has 1 aromatic heterocycles. The number of nitriles is 1. The fraction of sp³-hybridized carbons (Fsp3) is 0.182. The minimum Gasteiger partial charge on any atom is -0.457 e. The van der Waals surface area contributed by atoms with Gasteiger partial charge in [0.15, 0.2) is 0 Å². The highest BCUT2D eigenvalue weighted by Gasteiger charge is 2.18. The molecule has 5 heteroatoms. The first kappa shape index (κ1) is 18.3. The molecule has 0 spiro atoms. The number of rotatable bonds is 6. The van der Waals surface area contributed by atoms with Gasteiger partial charge in [-0.05, 0) is 48.4 Å². The van der Waals surface area contributed by atoms with Gasteiger partial charge in [-0.15, -0.1) is 0 Å². The molecule has 27 heavy (non-hydrogen) atoms. The van der Waals surface area contributed by atoms with Crippen molar-refractivity contribution in [2.24, 2.45) is 5.92 Å². The van der Waals surface area contributed by atoms with Crippen molar-refractivity contribution in [3.05, 3.63) is 78.1 Å². The maximum atomic E-state index is 12.6. The van der Waals surface area contributed by atoms with Crippen LogP contribution in [-0.4, -0.2) is 17.0 Å². The van der Waals surface area contributed by atoms with E-state index in [4.69, 9.17) is 4.74 Å². The molecule has 2 aromatic carbocycles. The number of para-hydroxylation sites is 1. The number of nitrogens with one attached hydrogen (secondary N) is 1. The van der Waals surface area contributed by atoms with Gasteiger partial charge in [0.25, 0.3) is 5.91 Å². The fourth-order valence-corrected chi connectivity index (χ4v) is 2.65. The van der Waals surface area contributed by atoms with Crippen molar-refractivity contribution in [2.75, 3.05) is 6.54 Å². The van der Waals surface area contributed by atoms with Crippen molar-refractivity contribution < 1.29 is 9.53 Å². The molecule has 0 fully saturated rings. The normalized spacial score (nSPS) is 10.4. The summed E-state index contributed by atoms with van der Waals surface area (Å²) in [6.07, 6.45) is 1.73. The quantitative estimate of drug-likeness (QED) is 0.703. The SMILES string of the molecule is CC(C)CNC(=O)c1c(C#N)ccn1-c1ccc(Oc2ccccc2)cc1. The summed E-state index contributed by atoms with van der Waals surface area (Å²) in [7, 11) is 0. The number of nitrogens with zero attached hydrogens (tertiary/aromatic N) is 2. The summed E-state index contributed by atoms with van der Waals surface area (Å²) < 4.78 is 7.52. The van der Waals surface area contributed by atoms with Crippen LogP contribution in [-0.2, 0) is 0 Å². The number of benzene rings is 2. The molecule has 0 aliphatic heterocycles. The van der Waals surface area contributed by atoms with Crippen LogP contribution in [0.4, 0.5) is 0 Å². The summed E-state index contributed by atoms with van der Waals surface area (Å²) in [6, 6.07) is 20.7. The molecular weight excluding hydrogens is 338 g/mol. The Labute approximate surface area is 158 Å². The lowest BCUT2D eigenvalue weighted by atomic mass is 10.2. The molecule has 1 amide bonds. The predicted octanol–water partition coefficient (Wildman–Crippen LogP) is 4.53. The molecule has 0 radical (unpaired) electrons. The summed E-state index contributed by atoms with van der Waals surface area (Å²) in [4.78, 5) is 12.6. The molecule has 0 saturated heterocycles. The van der Waals surface area contributed by atoms with Gasteiger partial charge in [0.05, 0.1) is 5.56 Å². The Balaban J connectivity index is 1.85. The number of amides is 1. The van der Waals surface area contributed by atoms with Crippen LogP contribution in [0.2, 0.25) is 0 Å². The van der Waals surface area contributed by atoms with Crippen LogP contribution in [0.15, 0.2) is 66.9 Å². The Hall–Kier alpha value is -3.52. The zero-order valence-electron chi connectivity index (χ0n) is 15.3. The lowest BCUT2D eigenvalue weighted by Crippen LogP contribution is -2.29. The van der Waals surface area contributed by atoms with Gasteiger partial charge in [-0.25, -0.2) is 0 Å². The minimum atomic E-state index is -0.255. The highest BCUT2D eigenvalue weighted by molar-refractivity contribution is 5.95. The number of aromatic nitrogens is 1. The second kappa shape index (κ2) is 8.24. The first-order valence-electron chi connectivity index (χ1n) is 8.81. The number of carbonyl (C=O) groups is 1. The van der Waals surface area contributed by atoms with Crippen LogP contribution < -0.4 is 10.1 Å². The zero-order valence-corrected chi connectivity index (χ0v) is 15.3. The average molecular weight is 359 g/mol. The van der Waals surface area contributed by atoms with Crippen LogP contribution >= 0.6 is 0 Å². The smallest absolute Gasteiger partial charge is 0.269 e. The second-order valence-corrected chi connectivity index (χ2v) is 6.57. The maximum absolute atomic E-state index is 12.6. The van der Waals surface area contributed by atoms with Crippen molar-refractivity contribution in [3.8, 4) is 23.3 Å². The Morgan fingerprint density at radius 2 is 1.74 bits per heavy atom. The van der Waals surface area contributed by atoms with Crippen molar-refractivity contribution in [1.82, 2.24) is 9.88 Å². The molecule has 1 heterocycles. The largest absolute Gasteiger partial charge is 0.457 e. The average Bonchev–Trinajstić information content (AvgIpc) is 3.11. The van der Waals surface area contributed by atoms with E-state index in [1.807, 2.05) is 68.4 Å². The molecule has 0 saturated carbocycles. The lowest BCUT2D eigenvalue weighted by Gasteiger charge is -2.12. The summed E-state index contributed by atoms with van der Waals surface area (Å²) in [5, 5.41) is 12.2. The number of ether oxygens (including phenoxy) is 1. The maximum Gasteiger partial charge on any atom is 0.269 e. The third-order valence-electron chi connectivity index (χ3n) is 3.99. The van der Waals surface area contributed by atoms with Crippen LogP contribution in [0.5, 0.6) is 11.5 Å². The molecule has 0 unspecified atom stereocenters. The van der Waals surface area contributed by atoms with Gasteiger partial charge >= 0.3 is 0 Å². The molecule has 136 valence electrons. The Morgan fingerprint density at radius 3 is 2.37 bits per heavy atom. The Kier molecular flexibility index (Phi) is 5.58. The number of hydrogen-bond donors (Lipinski definition) is 1. The van der Waals surface area contributed by atoms with Gasteiger partial charge in [-0.1, -0.05) is 32.0 Å². The molecule has 1 N–H and O–H groups in total. The Bertz CT molecular complexity index is 951. The third kappa shape index (κ3) is 4.36. The van der Waals surface area contributed by atoms with Gasteiger partial charge in [0, 0.05) is 18.4 Å². The van der Waals surface area contributed by atoms with Crippen LogP contribution in [0.3, 0.4) is 0 Å². The predicted molar refractivity (Wildman–Crippen MR) is 104 cm³/mol. The highest BCUT2D eigenvalue weighted by atomic mass is 16.5. The van der Waals surface area contributed by atoms with Crippen molar-refractivity contribution in [2.45, 2.75) is 13.8 Å². The van der Waals surface area contributed by atoms with E-state index in [9.17, 15) is 10.1 Å². The van der Waals surface area contributed by atoms with Crippen molar-refractivity contribution >= 4 is 5.91 Å². The topological polar surface area (TPSA) is 67.0 Å². The lowest BCUT2D eigenvalue weighted by molar-refractivity contribution is 0.0942. The summed E-state index contributed by atoms with van der Waals surface area (Å²) in [6.45, 7) is 4.60. The monoisotopic (exact) mass is 359 g/mol. The molecule has 3 aromatic rings. The molecule has 3 rings (SSSR count). The summed E-state index contributed by atoms with van der Waals surface area (Å²) in [5.74, 6) is 1.53. The van der Waals surface area contributed by atoms with Crippen molar-refractivity contribution in [1.29, 1.82) is 5.26 Å². The standard InChI is InChI=1S/C22H21N3O2/c1-16(2)15-24-22(26)21-17(14-23)12-13-25(21)18-8-10-20(11-9-18)27-19-6-4-3-5-7-19/h3-13,16H,15H2,1-2H3,(H,24,26). The van der Waals surface area contributed by atoms with Crippen molar-refractivity contribution in [3.63, 3.8) is 0 Å². The molecule has 5 nitrogen and oxygen atoms in total. The van der Waals surface area contributed by atoms with E-state index in [1.165, 1.54) is 0 Å². The summed E-state index contributed by atoms with van der Waals surface area (Å²) in [5.41, 5.74) is 1.47. The molecule has 0 atom stereocenters. The zero-order chi connectivity index (χ0) is 19.2. The van der Waals surface area contributed by atoms with E-state index in [0.29, 0.717) is 29.5 Å². The second-order valence-electron chi connectivity index (χ2n) is 6.57. The first-order chi connectivity index (χ1) is 13.1. The van der Waals surface area contributed by atoms with E-state index in [2.05, 4.69) is 11.4 Å². The van der Waals surface area contributed by atoms with Crippen LogP contribution in [0.25, 0.3) is 5.69 Å². The van der Waals surface area contributed by atoms with Gasteiger partial charge < -0.3 is 14.6 Å². The molecular formula is C22H21N3O2. The fourth-order valence-electron chi connectivity index (χ4n) is 2.65. The summed E-state index contributed by atoms with van der Waals surface area (Å²) >= 11 is 0. The van der Waals surface area contributed by atoms with E-state index in [1.54, 1.807) is 16.8 Å². The van der Waals surface area contributed by atoms with E-state index in [0.717, 1.165) is 11.4 Å². The first-order valence-corrected chi connectivity index (χ1v) is 8.81. The molecule has 0 aliphatic carbocycles.